The monoisotopic (exact) mass is 419 g/mol. The van der Waals surface area contributed by atoms with Gasteiger partial charge in [-0.25, -0.2) is 8.42 Å². The van der Waals surface area contributed by atoms with Gasteiger partial charge in [-0.15, -0.1) is 11.3 Å². The molecule has 5 nitrogen and oxygen atoms in total. The number of rotatable bonds is 3. The summed E-state index contributed by atoms with van der Waals surface area (Å²) in [6, 6.07) is 12.5. The number of nitrogens with one attached hydrogen (secondary N) is 1. The predicted octanol–water partition coefficient (Wildman–Crippen LogP) is 4.41. The van der Waals surface area contributed by atoms with Crippen molar-refractivity contribution in [2.24, 2.45) is 0 Å². The Morgan fingerprint density at radius 2 is 1.74 bits per heavy atom. The molecule has 0 saturated heterocycles. The number of amides is 1. The molecule has 2 N–H and O–H groups in total. The van der Waals surface area contributed by atoms with Gasteiger partial charge in [0.15, 0.2) is 0 Å². The summed E-state index contributed by atoms with van der Waals surface area (Å²) >= 11 is 7.16. The average molecular weight is 420 g/mol. The molecule has 2 heterocycles. The summed E-state index contributed by atoms with van der Waals surface area (Å²) < 4.78 is 26.1. The molecule has 1 aromatic heterocycles. The summed E-state index contributed by atoms with van der Waals surface area (Å²) in [5.41, 5.74) is 1.19. The highest BCUT2D eigenvalue weighted by atomic mass is 35.5. The number of fused-ring (bicyclic) bond motifs is 1. The summed E-state index contributed by atoms with van der Waals surface area (Å²) in [5.74, 6) is -0.364. The lowest BCUT2D eigenvalue weighted by atomic mass is 9.91. The Hall–Kier alpha value is -2.35. The zero-order chi connectivity index (χ0) is 19.2. The Labute approximate surface area is 165 Å². The van der Waals surface area contributed by atoms with E-state index in [4.69, 9.17) is 11.6 Å². The van der Waals surface area contributed by atoms with Crippen LogP contribution in [-0.2, 0) is 14.6 Å². The van der Waals surface area contributed by atoms with E-state index in [2.05, 4.69) is 5.32 Å². The molecular weight excluding hydrogens is 406 g/mol. The number of phenolic OH excluding ortho intramolecular Hbond substituents is 1. The van der Waals surface area contributed by atoms with Crippen molar-refractivity contribution in [2.45, 2.75) is 22.1 Å². The molecule has 138 valence electrons. The van der Waals surface area contributed by atoms with Crippen molar-refractivity contribution in [1.29, 1.82) is 0 Å². The Morgan fingerprint density at radius 1 is 1.07 bits per heavy atom. The highest BCUT2D eigenvalue weighted by Gasteiger charge is 2.34. The third-order valence-electron chi connectivity index (χ3n) is 4.47. The van der Waals surface area contributed by atoms with E-state index in [1.54, 1.807) is 29.6 Å². The van der Waals surface area contributed by atoms with Crippen molar-refractivity contribution in [3.05, 3.63) is 69.4 Å². The van der Waals surface area contributed by atoms with Crippen LogP contribution in [0, 0.1) is 0 Å². The van der Waals surface area contributed by atoms with E-state index in [0.29, 0.717) is 10.7 Å². The second-order valence-electron chi connectivity index (χ2n) is 6.19. The van der Waals surface area contributed by atoms with Crippen molar-refractivity contribution in [1.82, 2.24) is 0 Å². The maximum Gasteiger partial charge on any atom is 0.225 e. The SMILES string of the molecule is O=C1C[C@H](c2ccc(O)cc2)c2scc(S(=O)(=O)c3ccc(Cl)cc3)c2N1. The van der Waals surface area contributed by atoms with Gasteiger partial charge in [-0.2, -0.15) is 0 Å². The molecule has 0 bridgehead atoms. The normalized spacial score (nSPS) is 16.6. The van der Waals surface area contributed by atoms with Crippen molar-refractivity contribution in [2.75, 3.05) is 5.32 Å². The first-order valence-corrected chi connectivity index (χ1v) is 10.8. The molecule has 0 aliphatic carbocycles. The number of hydrogen-bond acceptors (Lipinski definition) is 5. The summed E-state index contributed by atoms with van der Waals surface area (Å²) in [4.78, 5) is 13.3. The van der Waals surface area contributed by atoms with Crippen molar-refractivity contribution >= 4 is 44.4 Å². The van der Waals surface area contributed by atoms with Gasteiger partial charge in [-0.1, -0.05) is 23.7 Å². The summed E-state index contributed by atoms with van der Waals surface area (Å²) in [5, 5.41) is 14.2. The second kappa shape index (κ2) is 6.67. The first kappa shape index (κ1) is 18.0. The number of phenols is 1. The van der Waals surface area contributed by atoms with Gasteiger partial charge in [0.2, 0.25) is 15.7 Å². The van der Waals surface area contributed by atoms with Gasteiger partial charge in [-0.05, 0) is 42.0 Å². The number of carbonyl (C=O) groups excluding carboxylic acids is 1. The van der Waals surface area contributed by atoms with Gasteiger partial charge < -0.3 is 10.4 Å². The fraction of sp³-hybridized carbons (Fsp3) is 0.105. The van der Waals surface area contributed by atoms with Gasteiger partial charge in [-0.3, -0.25) is 4.79 Å². The highest BCUT2D eigenvalue weighted by Crippen LogP contribution is 2.46. The first-order valence-electron chi connectivity index (χ1n) is 8.07. The largest absolute Gasteiger partial charge is 0.508 e. The fourth-order valence-electron chi connectivity index (χ4n) is 3.12. The molecule has 0 fully saturated rings. The second-order valence-corrected chi connectivity index (χ2v) is 9.46. The molecule has 4 rings (SSSR count). The summed E-state index contributed by atoms with van der Waals surface area (Å²) in [6.07, 6.45) is 0.221. The molecule has 1 amide bonds. The van der Waals surface area contributed by atoms with Gasteiger partial charge >= 0.3 is 0 Å². The zero-order valence-corrected chi connectivity index (χ0v) is 16.2. The van der Waals surface area contributed by atoms with Crippen LogP contribution in [0.25, 0.3) is 0 Å². The van der Waals surface area contributed by atoms with Crippen LogP contribution in [0.15, 0.2) is 63.7 Å². The lowest BCUT2D eigenvalue weighted by molar-refractivity contribution is -0.116. The Morgan fingerprint density at radius 3 is 2.41 bits per heavy atom. The molecule has 3 aromatic rings. The van der Waals surface area contributed by atoms with Crippen LogP contribution in [0.4, 0.5) is 5.69 Å². The lowest BCUT2D eigenvalue weighted by Crippen LogP contribution is -2.23. The zero-order valence-electron chi connectivity index (χ0n) is 13.8. The number of hydrogen-bond donors (Lipinski definition) is 2. The van der Waals surface area contributed by atoms with E-state index < -0.39 is 9.84 Å². The minimum absolute atomic E-state index is 0.0849. The van der Waals surface area contributed by atoms with Crippen LogP contribution in [-0.4, -0.2) is 19.4 Å². The smallest absolute Gasteiger partial charge is 0.225 e. The van der Waals surface area contributed by atoms with Crippen LogP contribution in [0.3, 0.4) is 0 Å². The van der Waals surface area contributed by atoms with Crippen LogP contribution in [0.5, 0.6) is 5.75 Å². The van der Waals surface area contributed by atoms with Crippen molar-refractivity contribution in [3.8, 4) is 5.75 Å². The van der Waals surface area contributed by atoms with Gasteiger partial charge in [0, 0.05) is 27.6 Å². The molecule has 1 aliphatic rings. The molecule has 0 saturated carbocycles. The highest BCUT2D eigenvalue weighted by molar-refractivity contribution is 7.91. The maximum absolute atomic E-state index is 13.1. The molecule has 8 heteroatoms. The fourth-order valence-corrected chi connectivity index (χ4v) is 6.15. The predicted molar refractivity (Wildman–Crippen MR) is 104 cm³/mol. The number of benzene rings is 2. The number of anilines is 1. The van der Waals surface area contributed by atoms with E-state index in [9.17, 15) is 18.3 Å². The standard InChI is InChI=1S/C19H14ClNO4S2/c20-12-3-7-14(8-4-12)27(24,25)16-10-26-19-15(9-17(23)21-18(16)19)11-1-5-13(22)6-2-11/h1-8,10,15,22H,9H2,(H,21,23)/t15-/m1/s1. The molecule has 27 heavy (non-hydrogen) atoms. The number of carbonyl (C=O) groups is 1. The maximum atomic E-state index is 13.1. The molecule has 1 aliphatic heterocycles. The van der Waals surface area contributed by atoms with E-state index in [-0.39, 0.29) is 33.8 Å². The molecule has 0 spiro atoms. The quantitative estimate of drug-likeness (QED) is 0.658. The number of sulfone groups is 1. The minimum atomic E-state index is -3.79. The Balaban J connectivity index is 1.82. The van der Waals surface area contributed by atoms with Gasteiger partial charge in [0.05, 0.1) is 10.6 Å². The minimum Gasteiger partial charge on any atom is -0.508 e. The third-order valence-corrected chi connectivity index (χ3v) is 7.76. The average Bonchev–Trinajstić information content (AvgIpc) is 3.06. The van der Waals surface area contributed by atoms with Crippen LogP contribution in [0.2, 0.25) is 5.02 Å². The van der Waals surface area contributed by atoms with E-state index in [1.165, 1.54) is 35.6 Å². The molecular formula is C19H14ClNO4S2. The lowest BCUT2D eigenvalue weighted by Gasteiger charge is -2.23. The molecule has 0 radical (unpaired) electrons. The van der Waals surface area contributed by atoms with E-state index in [1.807, 2.05) is 0 Å². The van der Waals surface area contributed by atoms with Crippen LogP contribution >= 0.6 is 22.9 Å². The Bertz CT molecular complexity index is 1120. The molecule has 1 atom stereocenters. The van der Waals surface area contributed by atoms with E-state index >= 15 is 0 Å². The van der Waals surface area contributed by atoms with Crippen LogP contribution in [0.1, 0.15) is 22.8 Å². The topological polar surface area (TPSA) is 83.5 Å². The van der Waals surface area contributed by atoms with Gasteiger partial charge in [0.25, 0.3) is 0 Å². The van der Waals surface area contributed by atoms with Crippen molar-refractivity contribution in [3.63, 3.8) is 0 Å². The van der Waals surface area contributed by atoms with Crippen molar-refractivity contribution < 1.29 is 18.3 Å². The Kier molecular flexibility index (Phi) is 4.46. The molecule has 2 aromatic carbocycles. The third kappa shape index (κ3) is 3.22. The van der Waals surface area contributed by atoms with Gasteiger partial charge in [0.1, 0.15) is 10.6 Å². The molecule has 0 unspecified atom stereocenters. The number of aromatic hydroxyl groups is 1. The first-order chi connectivity index (χ1) is 12.9. The van der Waals surface area contributed by atoms with Crippen LogP contribution < -0.4 is 5.32 Å². The summed E-state index contributed by atoms with van der Waals surface area (Å²) in [7, 11) is -3.79. The van der Waals surface area contributed by atoms with E-state index in [0.717, 1.165) is 10.4 Å². The number of halogens is 1. The summed E-state index contributed by atoms with van der Waals surface area (Å²) in [6.45, 7) is 0. The number of thiophene rings is 1.